The molecule has 1 aromatic carbocycles. The molecule has 2 rings (SSSR count). The minimum Gasteiger partial charge on any atom is -0.496 e. The van der Waals surface area contributed by atoms with Gasteiger partial charge in [-0.25, -0.2) is 0 Å². The minimum atomic E-state index is 0.0327. The molecule has 92 valence electrons. The van der Waals surface area contributed by atoms with E-state index in [9.17, 15) is 4.79 Å². The molecule has 1 atom stereocenters. The van der Waals surface area contributed by atoms with Crippen LogP contribution < -0.4 is 10.1 Å². The summed E-state index contributed by atoms with van der Waals surface area (Å²) in [5.74, 6) is 1.22. The van der Waals surface area contributed by atoms with Gasteiger partial charge in [0, 0.05) is 5.92 Å². The average Bonchev–Trinajstić information content (AvgIpc) is 3.12. The van der Waals surface area contributed by atoms with Gasteiger partial charge in [-0.15, -0.1) is 0 Å². The molecule has 4 heteroatoms. The molecular formula is C13H16BrNO2. The van der Waals surface area contributed by atoms with Crippen LogP contribution in [-0.4, -0.2) is 13.0 Å². The molecule has 1 fully saturated rings. The highest BCUT2D eigenvalue weighted by Gasteiger charge is 2.30. The van der Waals surface area contributed by atoms with E-state index in [2.05, 4.69) is 21.2 Å². The zero-order valence-corrected chi connectivity index (χ0v) is 11.6. The van der Waals surface area contributed by atoms with Crippen molar-refractivity contribution in [2.75, 3.05) is 7.11 Å². The Balaban J connectivity index is 2.05. The highest BCUT2D eigenvalue weighted by molar-refractivity contribution is 9.10. The van der Waals surface area contributed by atoms with Gasteiger partial charge >= 0.3 is 0 Å². The Hall–Kier alpha value is -1.03. The zero-order valence-electron chi connectivity index (χ0n) is 10.00. The number of benzene rings is 1. The van der Waals surface area contributed by atoms with Gasteiger partial charge in [0.25, 0.3) is 0 Å². The second-order valence-electron chi connectivity index (χ2n) is 4.40. The normalized spacial score (nSPS) is 16.4. The largest absolute Gasteiger partial charge is 0.496 e. The monoisotopic (exact) mass is 297 g/mol. The average molecular weight is 298 g/mol. The molecule has 0 unspecified atom stereocenters. The fraction of sp³-hybridized carbons (Fsp3) is 0.462. The molecule has 0 spiro atoms. The van der Waals surface area contributed by atoms with Gasteiger partial charge in [-0.2, -0.15) is 0 Å². The minimum absolute atomic E-state index is 0.0327. The topological polar surface area (TPSA) is 38.3 Å². The van der Waals surface area contributed by atoms with E-state index in [-0.39, 0.29) is 17.9 Å². The van der Waals surface area contributed by atoms with Crippen molar-refractivity contribution < 1.29 is 9.53 Å². The predicted octanol–water partition coefficient (Wildman–Crippen LogP) is 3.04. The third-order valence-electron chi connectivity index (χ3n) is 2.98. The number of halogens is 1. The van der Waals surface area contributed by atoms with E-state index in [1.807, 2.05) is 25.1 Å². The first-order valence-corrected chi connectivity index (χ1v) is 6.55. The van der Waals surface area contributed by atoms with Gasteiger partial charge in [-0.05, 0) is 53.4 Å². The maximum atomic E-state index is 11.6. The van der Waals surface area contributed by atoms with Gasteiger partial charge in [0.2, 0.25) is 5.91 Å². The summed E-state index contributed by atoms with van der Waals surface area (Å²) in [6, 6.07) is 5.89. The summed E-state index contributed by atoms with van der Waals surface area (Å²) < 4.78 is 6.08. The first kappa shape index (κ1) is 12.4. The van der Waals surface area contributed by atoms with Crippen LogP contribution in [0.1, 0.15) is 31.4 Å². The Bertz CT molecular complexity index is 429. The molecule has 1 N–H and O–H groups in total. The van der Waals surface area contributed by atoms with Crippen LogP contribution in [0.25, 0.3) is 0 Å². The van der Waals surface area contributed by atoms with Crippen LogP contribution in [0.3, 0.4) is 0 Å². The van der Waals surface area contributed by atoms with Crippen LogP contribution in [0.15, 0.2) is 22.7 Å². The summed E-state index contributed by atoms with van der Waals surface area (Å²) in [7, 11) is 1.64. The summed E-state index contributed by atoms with van der Waals surface area (Å²) in [6.07, 6.45) is 2.07. The van der Waals surface area contributed by atoms with E-state index in [4.69, 9.17) is 4.74 Å². The number of methoxy groups -OCH3 is 1. The Morgan fingerprint density at radius 2 is 2.24 bits per heavy atom. The lowest BCUT2D eigenvalue weighted by Crippen LogP contribution is -2.27. The van der Waals surface area contributed by atoms with Gasteiger partial charge in [-0.3, -0.25) is 4.79 Å². The molecule has 0 saturated heterocycles. The number of nitrogens with one attached hydrogen (secondary N) is 1. The lowest BCUT2D eigenvalue weighted by molar-refractivity contribution is -0.122. The molecule has 0 aromatic heterocycles. The number of amides is 1. The van der Waals surface area contributed by atoms with E-state index in [0.717, 1.165) is 28.6 Å². The van der Waals surface area contributed by atoms with Gasteiger partial charge in [0.05, 0.1) is 17.6 Å². The Labute approximate surface area is 110 Å². The van der Waals surface area contributed by atoms with Gasteiger partial charge in [-0.1, -0.05) is 6.07 Å². The number of carbonyl (C=O) groups excluding carboxylic acids is 1. The quantitative estimate of drug-likeness (QED) is 0.928. The van der Waals surface area contributed by atoms with Crippen LogP contribution in [0.4, 0.5) is 0 Å². The maximum absolute atomic E-state index is 11.6. The predicted molar refractivity (Wildman–Crippen MR) is 70.0 cm³/mol. The number of rotatable bonds is 4. The van der Waals surface area contributed by atoms with Gasteiger partial charge < -0.3 is 10.1 Å². The second-order valence-corrected chi connectivity index (χ2v) is 5.25. The third-order valence-corrected chi connectivity index (χ3v) is 3.60. The van der Waals surface area contributed by atoms with Crippen molar-refractivity contribution in [3.8, 4) is 5.75 Å². The van der Waals surface area contributed by atoms with Crippen molar-refractivity contribution in [2.45, 2.75) is 25.8 Å². The molecular weight excluding hydrogens is 282 g/mol. The molecule has 1 aromatic rings. The fourth-order valence-electron chi connectivity index (χ4n) is 1.71. The Kier molecular flexibility index (Phi) is 3.72. The van der Waals surface area contributed by atoms with Crippen molar-refractivity contribution >= 4 is 21.8 Å². The molecule has 1 aliphatic carbocycles. The Morgan fingerprint density at radius 3 is 2.76 bits per heavy atom. The molecule has 3 nitrogen and oxygen atoms in total. The lowest BCUT2D eigenvalue weighted by atomic mass is 10.1. The first-order valence-electron chi connectivity index (χ1n) is 5.75. The smallest absolute Gasteiger partial charge is 0.223 e. The summed E-state index contributed by atoms with van der Waals surface area (Å²) in [5.41, 5.74) is 1.08. The molecule has 1 amide bonds. The second kappa shape index (κ2) is 5.08. The standard InChI is InChI=1S/C13H16BrNO2/c1-8(15-13(16)9-3-4-9)10-5-6-12(17-2)11(14)7-10/h5-9H,3-4H2,1-2H3,(H,15,16)/t8-/m0/s1. The van der Waals surface area contributed by atoms with Crippen molar-refractivity contribution in [3.05, 3.63) is 28.2 Å². The van der Waals surface area contributed by atoms with Crippen LogP contribution in [0.2, 0.25) is 0 Å². The van der Waals surface area contributed by atoms with Crippen molar-refractivity contribution in [3.63, 3.8) is 0 Å². The Morgan fingerprint density at radius 1 is 1.53 bits per heavy atom. The number of hydrogen-bond donors (Lipinski definition) is 1. The molecule has 17 heavy (non-hydrogen) atoms. The summed E-state index contributed by atoms with van der Waals surface area (Å²) in [5, 5.41) is 3.02. The molecule has 1 aliphatic rings. The molecule has 0 aliphatic heterocycles. The van der Waals surface area contributed by atoms with Gasteiger partial charge in [0.1, 0.15) is 5.75 Å². The zero-order chi connectivity index (χ0) is 12.4. The van der Waals surface area contributed by atoms with E-state index in [0.29, 0.717) is 0 Å². The van der Waals surface area contributed by atoms with E-state index in [1.54, 1.807) is 7.11 Å². The number of carbonyl (C=O) groups is 1. The highest BCUT2D eigenvalue weighted by Crippen LogP contribution is 2.31. The van der Waals surface area contributed by atoms with Crippen molar-refractivity contribution in [2.24, 2.45) is 5.92 Å². The fourth-order valence-corrected chi connectivity index (χ4v) is 2.27. The van der Waals surface area contributed by atoms with Crippen molar-refractivity contribution in [1.82, 2.24) is 5.32 Å². The maximum Gasteiger partial charge on any atom is 0.223 e. The molecule has 0 heterocycles. The summed E-state index contributed by atoms with van der Waals surface area (Å²) in [6.45, 7) is 1.99. The molecule has 1 saturated carbocycles. The first-order chi connectivity index (χ1) is 8.11. The van der Waals surface area contributed by atoms with Crippen LogP contribution >= 0.6 is 15.9 Å². The van der Waals surface area contributed by atoms with E-state index < -0.39 is 0 Å². The van der Waals surface area contributed by atoms with Crippen LogP contribution in [-0.2, 0) is 4.79 Å². The van der Waals surface area contributed by atoms with E-state index in [1.165, 1.54) is 0 Å². The van der Waals surface area contributed by atoms with Crippen LogP contribution in [0, 0.1) is 5.92 Å². The number of ether oxygens (including phenoxy) is 1. The molecule has 0 radical (unpaired) electrons. The highest BCUT2D eigenvalue weighted by atomic mass is 79.9. The van der Waals surface area contributed by atoms with Crippen molar-refractivity contribution in [1.29, 1.82) is 0 Å². The number of hydrogen-bond acceptors (Lipinski definition) is 2. The summed E-state index contributed by atoms with van der Waals surface area (Å²) >= 11 is 3.45. The molecule has 0 bridgehead atoms. The lowest BCUT2D eigenvalue weighted by Gasteiger charge is -2.15. The summed E-state index contributed by atoms with van der Waals surface area (Å²) in [4.78, 5) is 11.6. The SMILES string of the molecule is COc1ccc([C@H](C)NC(=O)C2CC2)cc1Br. The van der Waals surface area contributed by atoms with E-state index >= 15 is 0 Å². The third kappa shape index (κ3) is 3.00. The van der Waals surface area contributed by atoms with Crippen LogP contribution in [0.5, 0.6) is 5.75 Å². The van der Waals surface area contributed by atoms with Gasteiger partial charge in [0.15, 0.2) is 0 Å².